The normalized spacial score (nSPS) is 11.3. The van der Waals surface area contributed by atoms with E-state index in [1.807, 2.05) is 51.8 Å². The summed E-state index contributed by atoms with van der Waals surface area (Å²) in [6.45, 7) is 7.35. The molecule has 2 N–H and O–H groups in total. The molecule has 2 amide bonds. The Balaban J connectivity index is 1.58. The zero-order valence-corrected chi connectivity index (χ0v) is 18.5. The first-order chi connectivity index (χ1) is 14.3. The summed E-state index contributed by atoms with van der Waals surface area (Å²) in [5.74, 6) is 0.498. The van der Waals surface area contributed by atoms with Gasteiger partial charge in [0.15, 0.2) is 0 Å². The van der Waals surface area contributed by atoms with Crippen LogP contribution in [0.2, 0.25) is 0 Å². The number of amides is 2. The Hall–Kier alpha value is -2.93. The van der Waals surface area contributed by atoms with Crippen LogP contribution in [0.1, 0.15) is 55.2 Å². The summed E-state index contributed by atoms with van der Waals surface area (Å²) in [6, 6.07) is 13.8. The molecule has 6 nitrogen and oxygen atoms in total. The number of anilines is 1. The van der Waals surface area contributed by atoms with Crippen molar-refractivity contribution in [3.8, 4) is 0 Å². The predicted molar refractivity (Wildman–Crippen MR) is 121 cm³/mol. The maximum atomic E-state index is 12.5. The molecule has 158 valence electrons. The van der Waals surface area contributed by atoms with E-state index in [2.05, 4.69) is 31.4 Å². The molecule has 2 heterocycles. The number of carbonyl (C=O) groups excluding carboxylic acids is 2. The Bertz CT molecular complexity index is 973. The van der Waals surface area contributed by atoms with Gasteiger partial charge in [0.05, 0.1) is 12.2 Å². The topological polar surface area (TPSA) is 76.0 Å². The lowest BCUT2D eigenvalue weighted by Gasteiger charge is -2.14. The summed E-state index contributed by atoms with van der Waals surface area (Å²) in [7, 11) is 0. The fourth-order valence-corrected chi connectivity index (χ4v) is 3.55. The van der Waals surface area contributed by atoms with Crippen molar-refractivity contribution in [1.29, 1.82) is 0 Å². The number of hydrogen-bond donors (Lipinski definition) is 2. The lowest BCUT2D eigenvalue weighted by Crippen LogP contribution is -2.25. The van der Waals surface area contributed by atoms with Crippen molar-refractivity contribution < 1.29 is 9.59 Å². The van der Waals surface area contributed by atoms with Crippen molar-refractivity contribution in [3.05, 3.63) is 70.0 Å². The first kappa shape index (κ1) is 21.8. The first-order valence-electron chi connectivity index (χ1n) is 10.1. The van der Waals surface area contributed by atoms with E-state index < -0.39 is 0 Å². The number of rotatable bonds is 8. The molecule has 0 atom stereocenters. The van der Waals surface area contributed by atoms with Crippen LogP contribution in [0.3, 0.4) is 0 Å². The van der Waals surface area contributed by atoms with E-state index in [1.165, 1.54) is 11.3 Å². The standard InChI is InChI=1S/C23H28N4O2S/c1-23(2,3)19-14-20(27(26-19)15-17-8-5-4-6-9-17)25-21(28)10-7-12-24-22(29)18-11-13-30-16-18/h4-6,8-9,11,13-14,16H,7,10,12,15H2,1-3H3,(H,24,29)(H,25,28). The van der Waals surface area contributed by atoms with Crippen molar-refractivity contribution in [2.24, 2.45) is 0 Å². The van der Waals surface area contributed by atoms with Crippen LogP contribution in [0, 0.1) is 0 Å². The van der Waals surface area contributed by atoms with E-state index in [4.69, 9.17) is 5.10 Å². The minimum absolute atomic E-state index is 0.0885. The second-order valence-corrected chi connectivity index (χ2v) is 9.01. The van der Waals surface area contributed by atoms with Crippen LogP contribution in [0.25, 0.3) is 0 Å². The molecule has 7 heteroatoms. The van der Waals surface area contributed by atoms with Crippen LogP contribution in [0.15, 0.2) is 53.2 Å². The molecule has 0 aliphatic carbocycles. The molecule has 30 heavy (non-hydrogen) atoms. The van der Waals surface area contributed by atoms with Gasteiger partial charge in [0, 0.05) is 35.4 Å². The average molecular weight is 425 g/mol. The molecule has 0 bridgehead atoms. The average Bonchev–Trinajstić information content (AvgIpc) is 3.36. The van der Waals surface area contributed by atoms with Crippen LogP contribution in [0.4, 0.5) is 5.82 Å². The third-order valence-corrected chi connectivity index (χ3v) is 5.32. The molecule has 0 radical (unpaired) electrons. The van der Waals surface area contributed by atoms with E-state index in [0.29, 0.717) is 37.3 Å². The van der Waals surface area contributed by atoms with E-state index in [-0.39, 0.29) is 17.2 Å². The SMILES string of the molecule is CC(C)(C)c1cc(NC(=O)CCCNC(=O)c2ccsc2)n(Cc2ccccc2)n1. The number of thiophene rings is 1. The maximum absolute atomic E-state index is 12.5. The molecule has 2 aromatic heterocycles. The van der Waals surface area contributed by atoms with Crippen molar-refractivity contribution in [1.82, 2.24) is 15.1 Å². The third-order valence-electron chi connectivity index (χ3n) is 4.64. The highest BCUT2D eigenvalue weighted by Crippen LogP contribution is 2.24. The molecule has 0 spiro atoms. The second-order valence-electron chi connectivity index (χ2n) is 8.23. The number of benzene rings is 1. The summed E-state index contributed by atoms with van der Waals surface area (Å²) in [5, 5.41) is 14.2. The minimum Gasteiger partial charge on any atom is -0.352 e. The van der Waals surface area contributed by atoms with E-state index >= 15 is 0 Å². The second kappa shape index (κ2) is 9.71. The van der Waals surface area contributed by atoms with Crippen molar-refractivity contribution in [3.63, 3.8) is 0 Å². The predicted octanol–water partition coefficient (Wildman–Crippen LogP) is 4.44. The minimum atomic E-state index is -0.118. The van der Waals surface area contributed by atoms with Gasteiger partial charge < -0.3 is 10.6 Å². The van der Waals surface area contributed by atoms with Crippen molar-refractivity contribution >= 4 is 29.0 Å². The molecule has 1 aromatic carbocycles. The van der Waals surface area contributed by atoms with Crippen molar-refractivity contribution in [2.75, 3.05) is 11.9 Å². The van der Waals surface area contributed by atoms with Gasteiger partial charge in [-0.25, -0.2) is 4.68 Å². The van der Waals surface area contributed by atoms with Crippen molar-refractivity contribution in [2.45, 2.75) is 45.6 Å². The molecule has 0 saturated carbocycles. The summed E-state index contributed by atoms with van der Waals surface area (Å²) in [6.07, 6.45) is 0.895. The van der Waals surface area contributed by atoms with Gasteiger partial charge in [0.2, 0.25) is 5.91 Å². The third kappa shape index (κ3) is 6.03. The largest absolute Gasteiger partial charge is 0.352 e. The molecule has 0 aliphatic rings. The summed E-state index contributed by atoms with van der Waals surface area (Å²) in [4.78, 5) is 24.4. The maximum Gasteiger partial charge on any atom is 0.252 e. The molecule has 0 aliphatic heterocycles. The molecule has 3 aromatic rings. The molecule has 0 saturated heterocycles. The Morgan fingerprint density at radius 2 is 1.90 bits per heavy atom. The smallest absolute Gasteiger partial charge is 0.252 e. The first-order valence-corrected chi connectivity index (χ1v) is 11.0. The summed E-state index contributed by atoms with van der Waals surface area (Å²) < 4.78 is 1.84. The fraction of sp³-hybridized carbons (Fsp3) is 0.348. The Kier molecular flexibility index (Phi) is 7.05. The van der Waals surface area contributed by atoms with E-state index in [1.54, 1.807) is 6.07 Å². The highest BCUT2D eigenvalue weighted by Gasteiger charge is 2.21. The van der Waals surface area contributed by atoms with Crippen LogP contribution in [-0.2, 0) is 16.8 Å². The van der Waals surface area contributed by atoms with Gasteiger partial charge >= 0.3 is 0 Å². The molecule has 0 fully saturated rings. The zero-order chi connectivity index (χ0) is 21.6. The van der Waals surface area contributed by atoms with Crippen LogP contribution < -0.4 is 10.6 Å². The summed E-state index contributed by atoms with van der Waals surface area (Å²) >= 11 is 1.49. The molecular weight excluding hydrogens is 396 g/mol. The van der Waals surface area contributed by atoms with Gasteiger partial charge in [-0.2, -0.15) is 16.4 Å². The molecule has 0 unspecified atom stereocenters. The van der Waals surface area contributed by atoms with Gasteiger partial charge in [0.25, 0.3) is 5.91 Å². The lowest BCUT2D eigenvalue weighted by atomic mass is 9.92. The highest BCUT2D eigenvalue weighted by atomic mass is 32.1. The van der Waals surface area contributed by atoms with Gasteiger partial charge in [-0.1, -0.05) is 51.1 Å². The van der Waals surface area contributed by atoms with E-state index in [9.17, 15) is 9.59 Å². The molecule has 3 rings (SSSR count). The molecular formula is C23H28N4O2S. The highest BCUT2D eigenvalue weighted by molar-refractivity contribution is 7.08. The van der Waals surface area contributed by atoms with Gasteiger partial charge in [-0.3, -0.25) is 9.59 Å². The zero-order valence-electron chi connectivity index (χ0n) is 17.6. The lowest BCUT2D eigenvalue weighted by molar-refractivity contribution is -0.116. The van der Waals surface area contributed by atoms with E-state index in [0.717, 1.165) is 11.3 Å². The quantitative estimate of drug-likeness (QED) is 0.525. The van der Waals surface area contributed by atoms with Gasteiger partial charge in [-0.15, -0.1) is 0 Å². The monoisotopic (exact) mass is 424 g/mol. The Labute approximate surface area is 181 Å². The number of nitrogens with one attached hydrogen (secondary N) is 2. The van der Waals surface area contributed by atoms with Gasteiger partial charge in [0.1, 0.15) is 5.82 Å². The van der Waals surface area contributed by atoms with Gasteiger partial charge in [-0.05, 0) is 23.4 Å². The Morgan fingerprint density at radius 1 is 1.13 bits per heavy atom. The van der Waals surface area contributed by atoms with Crippen LogP contribution >= 0.6 is 11.3 Å². The number of nitrogens with zero attached hydrogens (tertiary/aromatic N) is 2. The summed E-state index contributed by atoms with van der Waals surface area (Å²) in [5.41, 5.74) is 2.58. The number of carbonyl (C=O) groups is 2. The van der Waals surface area contributed by atoms with Crippen LogP contribution in [-0.4, -0.2) is 28.1 Å². The number of hydrogen-bond acceptors (Lipinski definition) is 4. The fourth-order valence-electron chi connectivity index (χ4n) is 2.91. The number of aromatic nitrogens is 2. The Morgan fingerprint density at radius 3 is 2.57 bits per heavy atom. The van der Waals surface area contributed by atoms with Crippen LogP contribution in [0.5, 0.6) is 0 Å².